The number of Topliss-reactive ketones (excluding diaryl/α,β-unsaturated/α-hetero) is 1. The highest BCUT2D eigenvalue weighted by molar-refractivity contribution is 5.98. The molecular weight excluding hydrogens is 324 g/mol. The number of likely N-dealkylation sites (N-methyl/N-ethyl adjacent to an activating group) is 1. The van der Waals surface area contributed by atoms with Crippen molar-refractivity contribution in [3.8, 4) is 0 Å². The van der Waals surface area contributed by atoms with E-state index in [1.807, 2.05) is 19.2 Å². The van der Waals surface area contributed by atoms with Gasteiger partial charge in [-0.3, -0.25) is 9.59 Å². The van der Waals surface area contributed by atoms with Crippen molar-refractivity contribution in [2.45, 2.75) is 51.0 Å². The highest BCUT2D eigenvalue weighted by Crippen LogP contribution is 2.23. The number of carbonyl (C=O) groups is 2. The molecule has 1 aromatic rings. The van der Waals surface area contributed by atoms with Gasteiger partial charge in [0, 0.05) is 38.0 Å². The number of nitrogens with zero attached hydrogens (tertiary/aromatic N) is 1. The molecule has 3 rings (SSSR count). The summed E-state index contributed by atoms with van der Waals surface area (Å²) >= 11 is 0. The van der Waals surface area contributed by atoms with Crippen LogP contribution in [0.1, 0.15) is 53.6 Å². The first-order valence-corrected chi connectivity index (χ1v) is 8.76. The number of halogens is 1. The lowest BCUT2D eigenvalue weighted by Crippen LogP contribution is -2.38. The molecule has 0 spiro atoms. The van der Waals surface area contributed by atoms with Crippen LogP contribution in [0.4, 0.5) is 0 Å². The van der Waals surface area contributed by atoms with Gasteiger partial charge in [0.15, 0.2) is 5.78 Å². The largest absolute Gasteiger partial charge is 0.341 e. The maximum atomic E-state index is 12.4. The van der Waals surface area contributed by atoms with Gasteiger partial charge in [0.2, 0.25) is 5.91 Å². The molecular formula is C19H27ClN2O2. The third-order valence-electron chi connectivity index (χ3n) is 5.21. The Kier molecular flexibility index (Phi) is 6.81. The molecule has 2 aliphatic rings. The first-order valence-electron chi connectivity index (χ1n) is 8.76. The van der Waals surface area contributed by atoms with E-state index in [4.69, 9.17) is 0 Å². The van der Waals surface area contributed by atoms with Gasteiger partial charge in [-0.1, -0.05) is 12.1 Å². The number of hydrogen-bond acceptors (Lipinski definition) is 3. The summed E-state index contributed by atoms with van der Waals surface area (Å²) in [4.78, 5) is 26.4. The van der Waals surface area contributed by atoms with E-state index in [2.05, 4.69) is 11.4 Å². The molecule has 0 aromatic heterocycles. The Balaban J connectivity index is 0.00000208. The lowest BCUT2D eigenvalue weighted by Gasteiger charge is -2.23. The van der Waals surface area contributed by atoms with Gasteiger partial charge in [0.05, 0.1) is 0 Å². The Hall–Kier alpha value is -1.39. The van der Waals surface area contributed by atoms with Crippen LogP contribution in [-0.4, -0.2) is 42.8 Å². The van der Waals surface area contributed by atoms with Crippen molar-refractivity contribution in [3.05, 3.63) is 34.9 Å². The average molecular weight is 351 g/mol. The second-order valence-electron chi connectivity index (χ2n) is 6.77. The molecule has 1 aromatic carbocycles. The summed E-state index contributed by atoms with van der Waals surface area (Å²) in [6.45, 7) is 1.83. The molecule has 1 unspecified atom stereocenters. The first-order chi connectivity index (χ1) is 11.1. The SMILES string of the molecule is CN(C(=O)CCC(=O)c1ccc2c(c1)CCCC2)C1CCNC1.Cl. The second kappa shape index (κ2) is 8.63. The zero-order valence-corrected chi connectivity index (χ0v) is 15.2. The van der Waals surface area contributed by atoms with E-state index in [9.17, 15) is 9.59 Å². The summed E-state index contributed by atoms with van der Waals surface area (Å²) < 4.78 is 0. The average Bonchev–Trinajstić information content (AvgIpc) is 3.12. The molecule has 0 radical (unpaired) electrons. The van der Waals surface area contributed by atoms with Gasteiger partial charge in [-0.15, -0.1) is 12.4 Å². The van der Waals surface area contributed by atoms with Crippen molar-refractivity contribution in [2.75, 3.05) is 20.1 Å². The van der Waals surface area contributed by atoms with E-state index < -0.39 is 0 Å². The normalized spacial score (nSPS) is 19.3. The lowest BCUT2D eigenvalue weighted by atomic mass is 9.89. The summed E-state index contributed by atoms with van der Waals surface area (Å²) in [6.07, 6.45) is 6.28. The van der Waals surface area contributed by atoms with Crippen LogP contribution in [0.5, 0.6) is 0 Å². The summed E-state index contributed by atoms with van der Waals surface area (Å²) in [5.74, 6) is 0.162. The van der Waals surface area contributed by atoms with E-state index in [0.717, 1.165) is 37.9 Å². The number of rotatable bonds is 5. The highest BCUT2D eigenvalue weighted by atomic mass is 35.5. The van der Waals surface area contributed by atoms with Gasteiger partial charge < -0.3 is 10.2 Å². The molecule has 1 amide bonds. The minimum atomic E-state index is 0. The molecule has 132 valence electrons. The van der Waals surface area contributed by atoms with E-state index in [1.165, 1.54) is 24.0 Å². The minimum absolute atomic E-state index is 0. The van der Waals surface area contributed by atoms with Gasteiger partial charge in [-0.25, -0.2) is 0 Å². The maximum Gasteiger partial charge on any atom is 0.223 e. The van der Waals surface area contributed by atoms with Gasteiger partial charge in [-0.2, -0.15) is 0 Å². The summed E-state index contributed by atoms with van der Waals surface area (Å²) in [5, 5.41) is 3.27. The third kappa shape index (κ3) is 4.37. The predicted octanol–water partition coefficient (Wildman–Crippen LogP) is 2.77. The quantitative estimate of drug-likeness (QED) is 0.831. The zero-order valence-electron chi connectivity index (χ0n) is 14.3. The Labute approximate surface area is 150 Å². The number of carbonyl (C=O) groups excluding carboxylic acids is 2. The first kappa shape index (κ1) is 18.9. The molecule has 1 atom stereocenters. The van der Waals surface area contributed by atoms with Gasteiger partial charge >= 0.3 is 0 Å². The molecule has 1 saturated heterocycles. The van der Waals surface area contributed by atoms with Gasteiger partial charge in [0.1, 0.15) is 0 Å². The van der Waals surface area contributed by atoms with Crippen LogP contribution in [0.2, 0.25) is 0 Å². The fourth-order valence-electron chi connectivity index (χ4n) is 3.62. The fraction of sp³-hybridized carbons (Fsp3) is 0.579. The molecule has 0 bridgehead atoms. The van der Waals surface area contributed by atoms with E-state index in [-0.39, 0.29) is 30.1 Å². The van der Waals surface area contributed by atoms with Crippen molar-refractivity contribution in [1.29, 1.82) is 0 Å². The van der Waals surface area contributed by atoms with Crippen LogP contribution in [0, 0.1) is 0 Å². The number of amides is 1. The standard InChI is InChI=1S/C19H26N2O2.ClH/c1-21(17-10-11-20-13-17)19(23)9-8-18(22)16-7-6-14-4-2-3-5-15(14)12-16;/h6-7,12,17,20H,2-5,8-11,13H2,1H3;1H. The molecule has 1 aliphatic carbocycles. The van der Waals surface area contributed by atoms with Crippen molar-refractivity contribution in [1.82, 2.24) is 10.2 Å². The molecule has 1 N–H and O–H groups in total. The fourth-order valence-corrected chi connectivity index (χ4v) is 3.62. The number of ketones is 1. The topological polar surface area (TPSA) is 49.4 Å². The number of aryl methyl sites for hydroxylation is 2. The number of fused-ring (bicyclic) bond motifs is 1. The summed E-state index contributed by atoms with van der Waals surface area (Å²) in [7, 11) is 1.85. The number of nitrogens with one attached hydrogen (secondary N) is 1. The van der Waals surface area contributed by atoms with Gasteiger partial charge in [-0.05, 0) is 55.8 Å². The van der Waals surface area contributed by atoms with Gasteiger partial charge in [0.25, 0.3) is 0 Å². The molecule has 24 heavy (non-hydrogen) atoms. The van der Waals surface area contributed by atoms with E-state index in [1.54, 1.807) is 4.90 Å². The van der Waals surface area contributed by atoms with Crippen molar-refractivity contribution in [3.63, 3.8) is 0 Å². The van der Waals surface area contributed by atoms with Crippen molar-refractivity contribution in [2.24, 2.45) is 0 Å². The Morgan fingerprint density at radius 3 is 2.62 bits per heavy atom. The molecule has 1 aliphatic heterocycles. The molecule has 4 nitrogen and oxygen atoms in total. The predicted molar refractivity (Wildman–Crippen MR) is 97.9 cm³/mol. The third-order valence-corrected chi connectivity index (χ3v) is 5.21. The highest BCUT2D eigenvalue weighted by Gasteiger charge is 2.23. The van der Waals surface area contributed by atoms with Crippen LogP contribution in [0.3, 0.4) is 0 Å². The Bertz CT molecular complexity index is 597. The Morgan fingerprint density at radius 2 is 1.92 bits per heavy atom. The summed E-state index contributed by atoms with van der Waals surface area (Å²) in [5.41, 5.74) is 3.48. The van der Waals surface area contributed by atoms with Crippen LogP contribution in [0.15, 0.2) is 18.2 Å². The minimum Gasteiger partial charge on any atom is -0.341 e. The number of hydrogen-bond donors (Lipinski definition) is 1. The van der Waals surface area contributed by atoms with Crippen molar-refractivity contribution < 1.29 is 9.59 Å². The monoisotopic (exact) mass is 350 g/mol. The van der Waals surface area contributed by atoms with E-state index in [0.29, 0.717) is 12.8 Å². The van der Waals surface area contributed by atoms with Crippen LogP contribution in [-0.2, 0) is 17.6 Å². The smallest absolute Gasteiger partial charge is 0.223 e. The van der Waals surface area contributed by atoms with Crippen LogP contribution < -0.4 is 5.32 Å². The molecule has 0 saturated carbocycles. The molecule has 1 fully saturated rings. The lowest BCUT2D eigenvalue weighted by molar-refractivity contribution is -0.131. The second-order valence-corrected chi connectivity index (χ2v) is 6.77. The Morgan fingerprint density at radius 1 is 1.17 bits per heavy atom. The zero-order chi connectivity index (χ0) is 16.2. The molecule has 5 heteroatoms. The van der Waals surface area contributed by atoms with Crippen molar-refractivity contribution >= 4 is 24.1 Å². The number of benzene rings is 1. The maximum absolute atomic E-state index is 12.4. The van der Waals surface area contributed by atoms with Crippen LogP contribution >= 0.6 is 12.4 Å². The molecule has 1 heterocycles. The summed E-state index contributed by atoms with van der Waals surface area (Å²) in [6, 6.07) is 6.36. The van der Waals surface area contributed by atoms with Crippen LogP contribution in [0.25, 0.3) is 0 Å². The van der Waals surface area contributed by atoms with E-state index >= 15 is 0 Å².